The van der Waals surface area contributed by atoms with Gasteiger partial charge in [0.15, 0.2) is 0 Å². The van der Waals surface area contributed by atoms with E-state index in [0.717, 1.165) is 33.0 Å². The molecular weight excluding hydrogens is 346 g/mol. The lowest BCUT2D eigenvalue weighted by atomic mass is 10.2. The van der Waals surface area contributed by atoms with Gasteiger partial charge in [-0.05, 0) is 34.1 Å². The molecular formula is C16H20BrN3O2. The van der Waals surface area contributed by atoms with E-state index < -0.39 is 0 Å². The first kappa shape index (κ1) is 16.4. The number of nitrogens with zero attached hydrogens (tertiary/aromatic N) is 2. The molecule has 5 nitrogen and oxygen atoms in total. The summed E-state index contributed by atoms with van der Waals surface area (Å²) < 4.78 is 11.6. The maximum atomic E-state index is 5.42. The molecule has 118 valence electrons. The zero-order valence-corrected chi connectivity index (χ0v) is 14.8. The van der Waals surface area contributed by atoms with Crippen LogP contribution in [0.4, 0.5) is 11.5 Å². The summed E-state index contributed by atoms with van der Waals surface area (Å²) in [7, 11) is 7.30. The first-order valence-electron chi connectivity index (χ1n) is 6.82. The van der Waals surface area contributed by atoms with Gasteiger partial charge in [0.2, 0.25) is 0 Å². The first-order chi connectivity index (χ1) is 10.5. The van der Waals surface area contributed by atoms with E-state index in [1.54, 1.807) is 20.4 Å². The van der Waals surface area contributed by atoms with Crippen LogP contribution in [0, 0.1) is 0 Å². The highest BCUT2D eigenvalue weighted by Crippen LogP contribution is 2.33. The summed E-state index contributed by atoms with van der Waals surface area (Å²) in [4.78, 5) is 6.37. The van der Waals surface area contributed by atoms with Crippen molar-refractivity contribution < 1.29 is 9.47 Å². The quantitative estimate of drug-likeness (QED) is 0.848. The van der Waals surface area contributed by atoms with Crippen molar-refractivity contribution in [3.8, 4) is 11.5 Å². The van der Waals surface area contributed by atoms with Crippen LogP contribution in [0.5, 0.6) is 11.5 Å². The monoisotopic (exact) mass is 365 g/mol. The van der Waals surface area contributed by atoms with E-state index in [9.17, 15) is 0 Å². The number of hydrogen-bond donors (Lipinski definition) is 1. The van der Waals surface area contributed by atoms with E-state index in [1.165, 1.54) is 0 Å². The van der Waals surface area contributed by atoms with Crippen molar-refractivity contribution in [1.82, 2.24) is 4.98 Å². The lowest BCUT2D eigenvalue weighted by molar-refractivity contribution is 0.397. The molecule has 1 N–H and O–H groups in total. The van der Waals surface area contributed by atoms with Gasteiger partial charge >= 0.3 is 0 Å². The Balaban J connectivity index is 2.19. The maximum absolute atomic E-state index is 5.42. The minimum Gasteiger partial charge on any atom is -0.496 e. The highest BCUT2D eigenvalue weighted by molar-refractivity contribution is 9.10. The first-order valence-corrected chi connectivity index (χ1v) is 7.62. The van der Waals surface area contributed by atoms with E-state index in [0.29, 0.717) is 6.54 Å². The predicted octanol–water partition coefficient (Wildman–Crippen LogP) is 3.54. The zero-order chi connectivity index (χ0) is 16.1. The highest BCUT2D eigenvalue weighted by atomic mass is 79.9. The number of rotatable bonds is 6. The number of pyridine rings is 1. The molecule has 0 atom stereocenters. The average Bonchev–Trinajstić information content (AvgIpc) is 2.53. The molecule has 0 fully saturated rings. The molecule has 0 aliphatic rings. The lowest BCUT2D eigenvalue weighted by Crippen LogP contribution is -2.10. The molecule has 0 saturated heterocycles. The molecule has 2 aromatic rings. The van der Waals surface area contributed by atoms with E-state index >= 15 is 0 Å². The number of benzene rings is 1. The van der Waals surface area contributed by atoms with Crippen LogP contribution >= 0.6 is 15.9 Å². The van der Waals surface area contributed by atoms with Crippen LogP contribution in [0.2, 0.25) is 0 Å². The zero-order valence-electron chi connectivity index (χ0n) is 13.2. The van der Waals surface area contributed by atoms with Crippen molar-refractivity contribution >= 4 is 27.4 Å². The van der Waals surface area contributed by atoms with E-state index in [2.05, 4.69) is 26.2 Å². The van der Waals surface area contributed by atoms with Gasteiger partial charge in [0.25, 0.3) is 0 Å². The molecule has 0 unspecified atom stereocenters. The van der Waals surface area contributed by atoms with E-state index in [1.807, 2.05) is 43.3 Å². The fourth-order valence-corrected chi connectivity index (χ4v) is 2.53. The molecule has 0 radical (unpaired) electrons. The van der Waals surface area contributed by atoms with E-state index in [4.69, 9.17) is 9.47 Å². The molecule has 2 rings (SSSR count). The summed E-state index contributed by atoms with van der Waals surface area (Å²) in [6.07, 6.45) is 1.79. The van der Waals surface area contributed by atoms with Gasteiger partial charge in [0, 0.05) is 44.2 Å². The normalized spacial score (nSPS) is 10.2. The summed E-state index contributed by atoms with van der Waals surface area (Å²) in [5.74, 6) is 2.38. The Morgan fingerprint density at radius 1 is 1.14 bits per heavy atom. The van der Waals surface area contributed by atoms with Crippen molar-refractivity contribution in [3.63, 3.8) is 0 Å². The smallest absolute Gasteiger partial charge is 0.133 e. The third-order valence-electron chi connectivity index (χ3n) is 3.27. The Hall–Kier alpha value is -1.95. The number of aromatic nitrogens is 1. The van der Waals surface area contributed by atoms with Crippen molar-refractivity contribution in [3.05, 3.63) is 40.5 Å². The number of halogens is 1. The van der Waals surface area contributed by atoms with Crippen LogP contribution in [-0.4, -0.2) is 33.3 Å². The second-order valence-electron chi connectivity index (χ2n) is 4.95. The van der Waals surface area contributed by atoms with Gasteiger partial charge in [-0.1, -0.05) is 0 Å². The third-order valence-corrected chi connectivity index (χ3v) is 3.89. The Kier molecular flexibility index (Phi) is 5.49. The number of ether oxygens (including phenoxy) is 2. The number of hydrogen-bond acceptors (Lipinski definition) is 5. The predicted molar refractivity (Wildman–Crippen MR) is 93.1 cm³/mol. The van der Waals surface area contributed by atoms with Gasteiger partial charge in [-0.2, -0.15) is 0 Å². The Morgan fingerprint density at radius 2 is 1.86 bits per heavy atom. The van der Waals surface area contributed by atoms with Gasteiger partial charge in [-0.3, -0.25) is 0 Å². The van der Waals surface area contributed by atoms with Crippen LogP contribution in [0.25, 0.3) is 0 Å². The fraction of sp³-hybridized carbons (Fsp3) is 0.312. The molecule has 1 aromatic heterocycles. The molecule has 0 amide bonds. The number of nitrogens with one attached hydrogen (secondary N) is 1. The largest absolute Gasteiger partial charge is 0.496 e. The van der Waals surface area contributed by atoms with Gasteiger partial charge < -0.3 is 19.7 Å². The minimum atomic E-state index is 0.594. The molecule has 0 aliphatic carbocycles. The van der Waals surface area contributed by atoms with Crippen LogP contribution in [0.15, 0.2) is 34.9 Å². The molecule has 1 heterocycles. The lowest BCUT2D eigenvalue weighted by Gasteiger charge is -2.15. The minimum absolute atomic E-state index is 0.594. The highest BCUT2D eigenvalue weighted by Gasteiger charge is 2.10. The molecule has 22 heavy (non-hydrogen) atoms. The summed E-state index contributed by atoms with van der Waals surface area (Å²) in [6, 6.07) is 7.82. The van der Waals surface area contributed by atoms with Crippen molar-refractivity contribution in [2.75, 3.05) is 38.5 Å². The Bertz CT molecular complexity index is 647. The van der Waals surface area contributed by atoms with Crippen LogP contribution < -0.4 is 19.7 Å². The van der Waals surface area contributed by atoms with Crippen LogP contribution in [0.1, 0.15) is 5.56 Å². The molecule has 0 saturated carbocycles. The Labute approximate surface area is 139 Å². The molecule has 0 bridgehead atoms. The number of anilines is 2. The number of methoxy groups -OCH3 is 2. The second kappa shape index (κ2) is 7.35. The summed E-state index contributed by atoms with van der Waals surface area (Å²) >= 11 is 3.46. The second-order valence-corrected chi connectivity index (χ2v) is 5.80. The van der Waals surface area contributed by atoms with Crippen LogP contribution in [0.3, 0.4) is 0 Å². The maximum Gasteiger partial charge on any atom is 0.133 e. The standard InChI is InChI=1S/C16H20BrN3O2/c1-20(2)12-5-6-18-16(8-12)19-10-11-7-15(22-4)13(17)9-14(11)21-3/h5-9H,10H2,1-4H3,(H,18,19). The van der Waals surface area contributed by atoms with Gasteiger partial charge in [-0.15, -0.1) is 0 Å². The average molecular weight is 366 g/mol. The van der Waals surface area contributed by atoms with E-state index in [-0.39, 0.29) is 0 Å². The molecule has 1 aromatic carbocycles. The van der Waals surface area contributed by atoms with Gasteiger partial charge in [0.1, 0.15) is 17.3 Å². The summed E-state index contributed by atoms with van der Waals surface area (Å²) in [5, 5.41) is 3.31. The molecule has 0 aliphatic heterocycles. The fourth-order valence-electron chi connectivity index (χ4n) is 2.04. The van der Waals surface area contributed by atoms with Gasteiger partial charge in [0.05, 0.1) is 18.7 Å². The van der Waals surface area contributed by atoms with Crippen molar-refractivity contribution in [2.45, 2.75) is 6.54 Å². The summed E-state index contributed by atoms with van der Waals surface area (Å²) in [6.45, 7) is 0.594. The van der Waals surface area contributed by atoms with Crippen LogP contribution in [-0.2, 0) is 6.54 Å². The Morgan fingerprint density at radius 3 is 2.50 bits per heavy atom. The molecule has 6 heteroatoms. The molecule has 0 spiro atoms. The SMILES string of the molecule is COc1cc(CNc2cc(N(C)C)ccn2)c(OC)cc1Br. The summed E-state index contributed by atoms with van der Waals surface area (Å²) in [5.41, 5.74) is 2.09. The van der Waals surface area contributed by atoms with Gasteiger partial charge in [-0.25, -0.2) is 4.98 Å². The van der Waals surface area contributed by atoms with Crippen molar-refractivity contribution in [2.24, 2.45) is 0 Å². The van der Waals surface area contributed by atoms with Crippen molar-refractivity contribution in [1.29, 1.82) is 0 Å². The topological polar surface area (TPSA) is 46.6 Å². The third kappa shape index (κ3) is 3.82.